The molecule has 0 fully saturated rings. The van der Waals surface area contributed by atoms with E-state index in [1.165, 1.54) is 4.88 Å². The normalized spacial score (nSPS) is 10.2. The minimum Gasteiger partial charge on any atom is -0.497 e. The monoisotopic (exact) mass is 276 g/mol. The Balaban J connectivity index is 1.85. The third-order valence-corrected chi connectivity index (χ3v) is 3.83. The van der Waals surface area contributed by atoms with Crippen molar-refractivity contribution in [2.24, 2.45) is 0 Å². The molecule has 1 aromatic carbocycles. The van der Waals surface area contributed by atoms with Crippen LogP contribution in [0.5, 0.6) is 5.75 Å². The van der Waals surface area contributed by atoms with Gasteiger partial charge in [0.25, 0.3) is 5.91 Å². The molecule has 1 N–H and O–H groups in total. The van der Waals surface area contributed by atoms with Crippen LogP contribution in [0.1, 0.15) is 20.9 Å². The van der Waals surface area contributed by atoms with Crippen LogP contribution in [0, 0.1) is 6.92 Å². The lowest BCUT2D eigenvalue weighted by Crippen LogP contribution is -2.25. The van der Waals surface area contributed by atoms with Crippen molar-refractivity contribution >= 4 is 17.2 Å². The lowest BCUT2D eigenvalue weighted by Gasteiger charge is -2.05. The summed E-state index contributed by atoms with van der Waals surface area (Å²) in [5.41, 5.74) is 3.51. The van der Waals surface area contributed by atoms with Gasteiger partial charge in [-0.15, -0.1) is 11.3 Å². The first-order chi connectivity index (χ1) is 9.20. The van der Waals surface area contributed by atoms with E-state index in [0.717, 1.165) is 17.9 Å². The Labute approximate surface area is 116 Å². The van der Waals surface area contributed by atoms with Crippen molar-refractivity contribution in [1.29, 1.82) is 0 Å². The molecule has 0 saturated carbocycles. The highest BCUT2D eigenvalue weighted by molar-refractivity contribution is 7.09. The molecule has 0 radical (unpaired) electrons. The number of nitrogens with zero attached hydrogens (tertiary/aromatic N) is 1. The van der Waals surface area contributed by atoms with E-state index in [4.69, 9.17) is 4.74 Å². The third kappa shape index (κ3) is 3.54. The number of hydrogen-bond acceptors (Lipinski definition) is 4. The molecule has 0 aliphatic carbocycles. The third-order valence-electron chi connectivity index (χ3n) is 2.83. The average molecular weight is 276 g/mol. The van der Waals surface area contributed by atoms with E-state index in [9.17, 15) is 4.79 Å². The van der Waals surface area contributed by atoms with Crippen LogP contribution in [0.15, 0.2) is 29.8 Å². The first kappa shape index (κ1) is 13.5. The van der Waals surface area contributed by atoms with E-state index >= 15 is 0 Å². The lowest BCUT2D eigenvalue weighted by molar-refractivity contribution is 0.0954. The standard InChI is InChI=1S/C14H16N2O2S/c1-10-13(19-9-16-10)7-8-15-14(17)11-3-5-12(18-2)6-4-11/h3-6,9H,7-8H2,1-2H3,(H,15,17). The second-order valence-corrected chi connectivity index (χ2v) is 5.03. The molecule has 0 saturated heterocycles. The van der Waals surface area contributed by atoms with Crippen LogP contribution in [0.3, 0.4) is 0 Å². The number of carbonyl (C=O) groups excluding carboxylic acids is 1. The summed E-state index contributed by atoms with van der Waals surface area (Å²) < 4.78 is 5.05. The Morgan fingerprint density at radius 3 is 2.68 bits per heavy atom. The number of methoxy groups -OCH3 is 1. The molecule has 1 heterocycles. The summed E-state index contributed by atoms with van der Waals surface area (Å²) in [5, 5.41) is 2.90. The van der Waals surface area contributed by atoms with Crippen LogP contribution in [-0.2, 0) is 6.42 Å². The van der Waals surface area contributed by atoms with Crippen molar-refractivity contribution in [1.82, 2.24) is 10.3 Å². The highest BCUT2D eigenvalue weighted by Gasteiger charge is 2.06. The molecule has 2 aromatic rings. The fourth-order valence-corrected chi connectivity index (χ4v) is 2.48. The van der Waals surface area contributed by atoms with Gasteiger partial charge in [0.05, 0.1) is 18.3 Å². The molecule has 0 unspecified atom stereocenters. The second kappa shape index (κ2) is 6.33. The van der Waals surface area contributed by atoms with Crippen LogP contribution in [0.25, 0.3) is 0 Å². The van der Waals surface area contributed by atoms with Gasteiger partial charge in [0.1, 0.15) is 5.75 Å². The van der Waals surface area contributed by atoms with Gasteiger partial charge >= 0.3 is 0 Å². The van der Waals surface area contributed by atoms with E-state index < -0.39 is 0 Å². The molecule has 2 rings (SSSR count). The summed E-state index contributed by atoms with van der Waals surface area (Å²) in [6.45, 7) is 2.60. The van der Waals surface area contributed by atoms with Gasteiger partial charge in [-0.25, -0.2) is 4.98 Å². The summed E-state index contributed by atoms with van der Waals surface area (Å²) >= 11 is 1.62. The van der Waals surface area contributed by atoms with Crippen LogP contribution < -0.4 is 10.1 Å². The maximum absolute atomic E-state index is 11.9. The van der Waals surface area contributed by atoms with Crippen molar-refractivity contribution in [3.8, 4) is 5.75 Å². The number of thiazole rings is 1. The van der Waals surface area contributed by atoms with E-state index in [1.807, 2.05) is 12.4 Å². The van der Waals surface area contributed by atoms with Crippen molar-refractivity contribution in [2.75, 3.05) is 13.7 Å². The summed E-state index contributed by atoms with van der Waals surface area (Å²) in [6.07, 6.45) is 0.818. The predicted octanol–water partition coefficient (Wildman–Crippen LogP) is 2.43. The molecule has 0 aliphatic rings. The zero-order chi connectivity index (χ0) is 13.7. The van der Waals surface area contributed by atoms with E-state index in [0.29, 0.717) is 12.1 Å². The summed E-state index contributed by atoms with van der Waals surface area (Å²) in [7, 11) is 1.60. The van der Waals surface area contributed by atoms with Crippen molar-refractivity contribution in [3.05, 3.63) is 45.9 Å². The summed E-state index contributed by atoms with van der Waals surface area (Å²) in [5.74, 6) is 0.682. The molecule has 5 heteroatoms. The molecule has 19 heavy (non-hydrogen) atoms. The maximum atomic E-state index is 11.9. The number of aromatic nitrogens is 1. The zero-order valence-corrected chi connectivity index (χ0v) is 11.8. The van der Waals surface area contributed by atoms with E-state index in [-0.39, 0.29) is 5.91 Å². The number of ether oxygens (including phenoxy) is 1. The predicted molar refractivity (Wildman–Crippen MR) is 75.9 cm³/mol. The van der Waals surface area contributed by atoms with E-state index in [1.54, 1.807) is 42.7 Å². The van der Waals surface area contributed by atoms with Gasteiger partial charge in [-0.05, 0) is 31.2 Å². The van der Waals surface area contributed by atoms with Gasteiger partial charge in [0.15, 0.2) is 0 Å². The maximum Gasteiger partial charge on any atom is 0.251 e. The van der Waals surface area contributed by atoms with Gasteiger partial charge < -0.3 is 10.1 Å². The first-order valence-corrected chi connectivity index (χ1v) is 6.90. The molecular weight excluding hydrogens is 260 g/mol. The second-order valence-electron chi connectivity index (χ2n) is 4.10. The highest BCUT2D eigenvalue weighted by atomic mass is 32.1. The van der Waals surface area contributed by atoms with Crippen molar-refractivity contribution in [2.45, 2.75) is 13.3 Å². The summed E-state index contributed by atoms with van der Waals surface area (Å²) in [6, 6.07) is 7.07. The average Bonchev–Trinajstić information content (AvgIpc) is 2.84. The minimum absolute atomic E-state index is 0.0650. The number of benzene rings is 1. The number of aryl methyl sites for hydroxylation is 1. The fourth-order valence-electron chi connectivity index (χ4n) is 1.70. The molecular formula is C14H16N2O2S. The minimum atomic E-state index is -0.0650. The molecule has 0 spiro atoms. The number of nitrogens with one attached hydrogen (secondary N) is 1. The number of carbonyl (C=O) groups is 1. The smallest absolute Gasteiger partial charge is 0.251 e. The SMILES string of the molecule is COc1ccc(C(=O)NCCc2scnc2C)cc1. The largest absolute Gasteiger partial charge is 0.497 e. The van der Waals surface area contributed by atoms with Crippen LogP contribution in [0.4, 0.5) is 0 Å². The molecule has 0 atom stereocenters. The first-order valence-electron chi connectivity index (χ1n) is 6.02. The quantitative estimate of drug-likeness (QED) is 0.912. The Hall–Kier alpha value is -1.88. The Kier molecular flexibility index (Phi) is 4.52. The molecule has 100 valence electrons. The fraction of sp³-hybridized carbons (Fsp3) is 0.286. The number of amides is 1. The number of rotatable bonds is 5. The van der Waals surface area contributed by atoms with E-state index in [2.05, 4.69) is 10.3 Å². The Bertz CT molecular complexity index is 549. The molecule has 0 aliphatic heterocycles. The molecule has 4 nitrogen and oxygen atoms in total. The highest BCUT2D eigenvalue weighted by Crippen LogP contribution is 2.13. The van der Waals surface area contributed by atoms with Gasteiger partial charge in [0.2, 0.25) is 0 Å². The van der Waals surface area contributed by atoms with Crippen LogP contribution >= 0.6 is 11.3 Å². The van der Waals surface area contributed by atoms with Gasteiger partial charge in [-0.1, -0.05) is 0 Å². The number of hydrogen-bond donors (Lipinski definition) is 1. The lowest BCUT2D eigenvalue weighted by atomic mass is 10.2. The van der Waals surface area contributed by atoms with Crippen LogP contribution in [0.2, 0.25) is 0 Å². The zero-order valence-electron chi connectivity index (χ0n) is 11.0. The molecule has 1 aromatic heterocycles. The summed E-state index contributed by atoms with van der Waals surface area (Å²) in [4.78, 5) is 17.3. The van der Waals surface area contributed by atoms with Gasteiger partial charge in [0, 0.05) is 23.4 Å². The van der Waals surface area contributed by atoms with Gasteiger partial charge in [-0.2, -0.15) is 0 Å². The Morgan fingerprint density at radius 2 is 2.11 bits per heavy atom. The van der Waals surface area contributed by atoms with Crippen molar-refractivity contribution < 1.29 is 9.53 Å². The Morgan fingerprint density at radius 1 is 1.37 bits per heavy atom. The van der Waals surface area contributed by atoms with Crippen LogP contribution in [-0.4, -0.2) is 24.5 Å². The molecule has 0 bridgehead atoms. The van der Waals surface area contributed by atoms with Gasteiger partial charge in [-0.3, -0.25) is 4.79 Å². The van der Waals surface area contributed by atoms with Crippen molar-refractivity contribution in [3.63, 3.8) is 0 Å². The molecule has 1 amide bonds. The topological polar surface area (TPSA) is 51.2 Å².